The van der Waals surface area contributed by atoms with E-state index in [9.17, 15) is 9.18 Å². The summed E-state index contributed by atoms with van der Waals surface area (Å²) in [5.41, 5.74) is 6.62. The lowest BCUT2D eigenvalue weighted by atomic mass is 9.77. The normalized spacial score (nSPS) is 21.4. The first-order valence-corrected chi connectivity index (χ1v) is 9.86. The smallest absolute Gasteiger partial charge is 0.264 e. The van der Waals surface area contributed by atoms with E-state index >= 15 is 0 Å². The summed E-state index contributed by atoms with van der Waals surface area (Å²) in [5.74, 6) is 0.0412. The van der Waals surface area contributed by atoms with Gasteiger partial charge in [-0.2, -0.15) is 4.98 Å². The van der Waals surface area contributed by atoms with E-state index in [2.05, 4.69) is 16.8 Å². The van der Waals surface area contributed by atoms with Crippen LogP contribution in [-0.2, 0) is 11.8 Å². The van der Waals surface area contributed by atoms with E-state index < -0.39 is 5.82 Å². The first-order chi connectivity index (χ1) is 13.3. The Morgan fingerprint density at radius 1 is 1.36 bits per heavy atom. The lowest BCUT2D eigenvalue weighted by Crippen LogP contribution is -2.43. The van der Waals surface area contributed by atoms with E-state index in [0.717, 1.165) is 39.0 Å². The van der Waals surface area contributed by atoms with Gasteiger partial charge in [0, 0.05) is 20.1 Å². The van der Waals surface area contributed by atoms with Crippen LogP contribution in [0.4, 0.5) is 16.2 Å². The minimum atomic E-state index is -0.598. The molecule has 1 spiro atoms. The zero-order valence-corrected chi connectivity index (χ0v) is 16.8. The third kappa shape index (κ3) is 3.26. The summed E-state index contributed by atoms with van der Waals surface area (Å²) in [6.07, 6.45) is 3.38. The first-order valence-electron chi connectivity index (χ1n) is 9.48. The molecular weight excluding hydrogens is 383 g/mol. The number of hydrogen-bond donors (Lipinski definition) is 1. The largest absolute Gasteiger partial charge is 0.383 e. The standard InChI is InChI=1S/C20H24ClFN4O2/c1-12-10-20(11-28-12)5-7-26(8-6-20)19-24-17(23)16(18(27)25(19)2)13-3-4-14(21)15(22)9-13/h3-4,9,12H,5-8,10-11,23H2,1-2H3/t12-/m0/s1. The van der Waals surface area contributed by atoms with Crippen LogP contribution < -0.4 is 16.2 Å². The van der Waals surface area contributed by atoms with Crippen molar-refractivity contribution in [2.45, 2.75) is 32.3 Å². The zero-order valence-electron chi connectivity index (χ0n) is 16.0. The molecule has 1 aromatic heterocycles. The molecule has 2 fully saturated rings. The highest BCUT2D eigenvalue weighted by atomic mass is 35.5. The van der Waals surface area contributed by atoms with Crippen LogP contribution in [0.3, 0.4) is 0 Å². The lowest BCUT2D eigenvalue weighted by Gasteiger charge is -2.39. The van der Waals surface area contributed by atoms with Crippen LogP contribution in [0.5, 0.6) is 0 Å². The van der Waals surface area contributed by atoms with Gasteiger partial charge in [0.15, 0.2) is 0 Å². The van der Waals surface area contributed by atoms with Crippen LogP contribution in [0.15, 0.2) is 23.0 Å². The van der Waals surface area contributed by atoms with Crippen molar-refractivity contribution < 1.29 is 9.13 Å². The first kappa shape index (κ1) is 19.2. The van der Waals surface area contributed by atoms with Crippen molar-refractivity contribution >= 4 is 23.4 Å². The Kier molecular flexibility index (Phi) is 4.83. The number of nitrogens with zero attached hydrogens (tertiary/aromatic N) is 3. The molecule has 6 nitrogen and oxygen atoms in total. The Morgan fingerprint density at radius 2 is 2.07 bits per heavy atom. The highest BCUT2D eigenvalue weighted by Crippen LogP contribution is 2.42. The summed E-state index contributed by atoms with van der Waals surface area (Å²) >= 11 is 5.75. The van der Waals surface area contributed by atoms with Gasteiger partial charge < -0.3 is 15.4 Å². The Bertz CT molecular complexity index is 969. The van der Waals surface area contributed by atoms with Gasteiger partial charge in [-0.25, -0.2) is 4.39 Å². The van der Waals surface area contributed by atoms with Gasteiger partial charge in [-0.05, 0) is 49.3 Å². The number of nitrogens with two attached hydrogens (primary N) is 1. The summed E-state index contributed by atoms with van der Waals surface area (Å²) < 4.78 is 21.1. The molecule has 2 aliphatic heterocycles. The molecule has 2 aromatic rings. The summed E-state index contributed by atoms with van der Waals surface area (Å²) in [6, 6.07) is 4.20. The van der Waals surface area contributed by atoms with Gasteiger partial charge in [-0.1, -0.05) is 17.7 Å². The minimum Gasteiger partial charge on any atom is -0.383 e. The number of ether oxygens (including phenoxy) is 1. The Morgan fingerprint density at radius 3 is 2.68 bits per heavy atom. The zero-order chi connectivity index (χ0) is 20.1. The monoisotopic (exact) mass is 406 g/mol. The Hall–Kier alpha value is -2.12. The number of halogens is 2. The highest BCUT2D eigenvalue weighted by Gasteiger charge is 2.41. The van der Waals surface area contributed by atoms with Gasteiger partial charge in [0.25, 0.3) is 5.56 Å². The molecule has 2 aliphatic rings. The summed E-state index contributed by atoms with van der Waals surface area (Å²) in [5, 5.41) is -0.00354. The number of anilines is 2. The van der Waals surface area contributed by atoms with Gasteiger partial charge in [0.1, 0.15) is 11.6 Å². The molecule has 2 saturated heterocycles. The number of benzene rings is 1. The lowest BCUT2D eigenvalue weighted by molar-refractivity contribution is 0.0974. The van der Waals surface area contributed by atoms with Crippen LogP contribution in [0.1, 0.15) is 26.2 Å². The van der Waals surface area contributed by atoms with E-state index in [1.807, 2.05) is 0 Å². The molecule has 0 bridgehead atoms. The number of nitrogen functional groups attached to an aromatic ring is 1. The van der Waals surface area contributed by atoms with E-state index in [1.165, 1.54) is 16.7 Å². The van der Waals surface area contributed by atoms with Crippen molar-refractivity contribution in [1.82, 2.24) is 9.55 Å². The van der Waals surface area contributed by atoms with Crippen molar-refractivity contribution in [1.29, 1.82) is 0 Å². The Labute approximate surface area is 168 Å². The molecule has 0 saturated carbocycles. The summed E-state index contributed by atoms with van der Waals surface area (Å²) in [7, 11) is 1.67. The number of rotatable bonds is 2. The predicted molar refractivity (Wildman–Crippen MR) is 108 cm³/mol. The molecule has 0 radical (unpaired) electrons. The number of hydrogen-bond acceptors (Lipinski definition) is 5. The van der Waals surface area contributed by atoms with Crippen molar-refractivity contribution in [3.63, 3.8) is 0 Å². The second-order valence-corrected chi connectivity index (χ2v) is 8.39. The van der Waals surface area contributed by atoms with Gasteiger partial charge in [0.2, 0.25) is 5.95 Å². The second kappa shape index (κ2) is 7.04. The molecule has 0 aliphatic carbocycles. The van der Waals surface area contributed by atoms with Crippen LogP contribution in [0.2, 0.25) is 5.02 Å². The maximum atomic E-state index is 13.9. The third-order valence-electron chi connectivity index (χ3n) is 6.00. The fourth-order valence-corrected chi connectivity index (χ4v) is 4.51. The Balaban J connectivity index is 1.63. The summed E-state index contributed by atoms with van der Waals surface area (Å²) in [4.78, 5) is 19.6. The molecule has 3 heterocycles. The topological polar surface area (TPSA) is 73.4 Å². The highest BCUT2D eigenvalue weighted by molar-refractivity contribution is 6.30. The molecule has 8 heteroatoms. The molecule has 0 unspecified atom stereocenters. The van der Waals surface area contributed by atoms with Gasteiger partial charge in [-0.3, -0.25) is 9.36 Å². The van der Waals surface area contributed by atoms with Crippen molar-refractivity contribution in [2.75, 3.05) is 30.3 Å². The maximum Gasteiger partial charge on any atom is 0.264 e. The molecule has 150 valence electrons. The quantitative estimate of drug-likeness (QED) is 0.828. The molecule has 2 N–H and O–H groups in total. The van der Waals surface area contributed by atoms with Crippen LogP contribution in [0.25, 0.3) is 11.1 Å². The fraction of sp³-hybridized carbons (Fsp3) is 0.500. The SMILES string of the molecule is C[C@H]1CC2(CCN(c3nc(N)c(-c4ccc(Cl)c(F)c4)c(=O)n3C)CC2)CO1. The van der Waals surface area contributed by atoms with Crippen molar-refractivity contribution in [3.05, 3.63) is 39.4 Å². The molecule has 28 heavy (non-hydrogen) atoms. The van der Waals surface area contributed by atoms with Crippen LogP contribution in [-0.4, -0.2) is 35.4 Å². The van der Waals surface area contributed by atoms with E-state index in [0.29, 0.717) is 17.6 Å². The number of piperidine rings is 1. The average Bonchev–Trinajstić information content (AvgIpc) is 3.02. The molecule has 4 rings (SSSR count). The van der Waals surface area contributed by atoms with E-state index in [4.69, 9.17) is 22.1 Å². The molecular formula is C20H24ClFN4O2. The molecule has 1 aromatic carbocycles. The predicted octanol–water partition coefficient (Wildman–Crippen LogP) is 3.22. The second-order valence-electron chi connectivity index (χ2n) is 7.98. The molecule has 0 amide bonds. The summed E-state index contributed by atoms with van der Waals surface area (Å²) in [6.45, 7) is 4.51. The van der Waals surface area contributed by atoms with E-state index in [-0.39, 0.29) is 27.4 Å². The third-order valence-corrected chi connectivity index (χ3v) is 6.31. The van der Waals surface area contributed by atoms with Crippen molar-refractivity contribution in [2.24, 2.45) is 12.5 Å². The minimum absolute atomic E-state index is 0.00354. The van der Waals surface area contributed by atoms with E-state index in [1.54, 1.807) is 13.1 Å². The van der Waals surface area contributed by atoms with Crippen LogP contribution >= 0.6 is 11.6 Å². The van der Waals surface area contributed by atoms with Crippen LogP contribution in [0, 0.1) is 11.2 Å². The fourth-order valence-electron chi connectivity index (χ4n) is 4.39. The number of aromatic nitrogens is 2. The van der Waals surface area contributed by atoms with Gasteiger partial charge in [0.05, 0.1) is 23.3 Å². The molecule has 1 atom stereocenters. The maximum absolute atomic E-state index is 13.9. The van der Waals surface area contributed by atoms with Gasteiger partial charge >= 0.3 is 0 Å². The average molecular weight is 407 g/mol. The van der Waals surface area contributed by atoms with Crippen molar-refractivity contribution in [3.8, 4) is 11.1 Å². The van der Waals surface area contributed by atoms with Gasteiger partial charge in [-0.15, -0.1) is 0 Å².